The zero-order valence-electron chi connectivity index (χ0n) is 19.0. The van der Waals surface area contributed by atoms with Crippen LogP contribution in [0.1, 0.15) is 35.6 Å². The highest BCUT2D eigenvalue weighted by atomic mass is 32.2. The number of aryl methyl sites for hydroxylation is 1. The highest BCUT2D eigenvalue weighted by Gasteiger charge is 2.39. The summed E-state index contributed by atoms with van der Waals surface area (Å²) in [5, 5.41) is 9.23. The highest BCUT2D eigenvalue weighted by molar-refractivity contribution is 8.15. The summed E-state index contributed by atoms with van der Waals surface area (Å²) >= 11 is 1.25. The molecule has 2 aliphatic rings. The van der Waals surface area contributed by atoms with Crippen LogP contribution in [0.25, 0.3) is 0 Å². The highest BCUT2D eigenvalue weighted by Crippen LogP contribution is 2.38. The minimum Gasteiger partial charge on any atom is -0.326 e. The number of hydrazone groups is 1. The number of hydrogen-bond acceptors (Lipinski definition) is 5. The van der Waals surface area contributed by atoms with E-state index in [-0.39, 0.29) is 30.1 Å². The number of thioether (sulfide) groups is 1. The Kier molecular flexibility index (Phi) is 6.46. The molecule has 176 valence electrons. The second-order valence-corrected chi connectivity index (χ2v) is 9.66. The fourth-order valence-electron chi connectivity index (χ4n) is 4.06. The van der Waals surface area contributed by atoms with E-state index < -0.39 is 5.25 Å². The molecule has 0 unspecified atom stereocenters. The Labute approximate surface area is 207 Å². The van der Waals surface area contributed by atoms with Crippen LogP contribution in [0.2, 0.25) is 0 Å². The summed E-state index contributed by atoms with van der Waals surface area (Å²) in [4.78, 5) is 29.5. The van der Waals surface area contributed by atoms with Gasteiger partial charge in [-0.3, -0.25) is 9.59 Å². The number of benzene rings is 3. The molecule has 0 radical (unpaired) electrons. The maximum absolute atomic E-state index is 13.4. The fraction of sp³-hybridized carbons (Fsp3) is 0.185. The molecule has 8 heteroatoms. The number of anilines is 1. The maximum Gasteiger partial charge on any atom is 0.262 e. The van der Waals surface area contributed by atoms with Crippen molar-refractivity contribution in [2.45, 2.75) is 31.1 Å². The average Bonchev–Trinajstić information content (AvgIpc) is 3.46. The Morgan fingerprint density at radius 3 is 2.49 bits per heavy atom. The third-order valence-corrected chi connectivity index (χ3v) is 7.05. The maximum atomic E-state index is 13.4. The van der Waals surface area contributed by atoms with Crippen molar-refractivity contribution in [2.24, 2.45) is 10.1 Å². The Hall–Kier alpha value is -3.78. The SMILES string of the molecule is Cc1ccc(NC(=O)C[C@H]2SC(N3N=C(c4ccc(F)cc4)C[C@H]3c3ccccc3)=NC2=O)cc1. The molecule has 0 aromatic heterocycles. The van der Waals surface area contributed by atoms with E-state index >= 15 is 0 Å². The molecule has 35 heavy (non-hydrogen) atoms. The van der Waals surface area contributed by atoms with Crippen molar-refractivity contribution in [3.8, 4) is 0 Å². The number of aliphatic imine (C=N–C) groups is 1. The number of nitrogens with zero attached hydrogens (tertiary/aromatic N) is 3. The van der Waals surface area contributed by atoms with Crippen LogP contribution in [0.5, 0.6) is 0 Å². The van der Waals surface area contributed by atoms with Crippen LogP contribution in [0.15, 0.2) is 89.0 Å². The summed E-state index contributed by atoms with van der Waals surface area (Å²) in [5.74, 6) is -0.897. The van der Waals surface area contributed by atoms with Crippen molar-refractivity contribution < 1.29 is 14.0 Å². The van der Waals surface area contributed by atoms with Gasteiger partial charge in [0, 0.05) is 18.5 Å². The van der Waals surface area contributed by atoms with Gasteiger partial charge < -0.3 is 5.32 Å². The molecule has 3 aromatic rings. The first-order chi connectivity index (χ1) is 17.0. The van der Waals surface area contributed by atoms with E-state index in [0.717, 1.165) is 22.4 Å². The van der Waals surface area contributed by atoms with Crippen LogP contribution in [-0.4, -0.2) is 33.0 Å². The van der Waals surface area contributed by atoms with Gasteiger partial charge in [-0.1, -0.05) is 71.9 Å². The lowest BCUT2D eigenvalue weighted by molar-refractivity contribution is -0.121. The number of halogens is 1. The lowest BCUT2D eigenvalue weighted by atomic mass is 9.99. The zero-order chi connectivity index (χ0) is 24.4. The van der Waals surface area contributed by atoms with Crippen molar-refractivity contribution in [2.75, 3.05) is 5.32 Å². The van der Waals surface area contributed by atoms with Gasteiger partial charge in [-0.25, -0.2) is 9.40 Å². The number of rotatable bonds is 5. The number of carbonyl (C=O) groups is 2. The molecule has 2 amide bonds. The van der Waals surface area contributed by atoms with Gasteiger partial charge in [0.15, 0.2) is 5.17 Å². The molecular weight excluding hydrogens is 463 g/mol. The first-order valence-corrected chi connectivity index (χ1v) is 12.2. The van der Waals surface area contributed by atoms with Crippen LogP contribution in [0, 0.1) is 12.7 Å². The van der Waals surface area contributed by atoms with Gasteiger partial charge in [0.2, 0.25) is 5.91 Å². The smallest absolute Gasteiger partial charge is 0.262 e. The number of hydrogen-bond donors (Lipinski definition) is 1. The third-order valence-electron chi connectivity index (χ3n) is 5.90. The van der Waals surface area contributed by atoms with Crippen LogP contribution in [0.3, 0.4) is 0 Å². The second-order valence-electron chi connectivity index (χ2n) is 8.49. The Morgan fingerprint density at radius 2 is 1.77 bits per heavy atom. The average molecular weight is 487 g/mol. The van der Waals surface area contributed by atoms with Crippen molar-refractivity contribution in [3.63, 3.8) is 0 Å². The van der Waals surface area contributed by atoms with Crippen molar-refractivity contribution in [1.29, 1.82) is 0 Å². The molecule has 5 rings (SSSR count). The molecule has 2 atom stereocenters. The lowest BCUT2D eigenvalue weighted by Crippen LogP contribution is -2.25. The quantitative estimate of drug-likeness (QED) is 0.530. The summed E-state index contributed by atoms with van der Waals surface area (Å²) < 4.78 is 13.4. The van der Waals surface area contributed by atoms with E-state index in [4.69, 9.17) is 5.10 Å². The molecule has 0 saturated heterocycles. The summed E-state index contributed by atoms with van der Waals surface area (Å²) in [7, 11) is 0. The van der Waals surface area contributed by atoms with Gasteiger partial charge in [-0.15, -0.1) is 0 Å². The van der Waals surface area contributed by atoms with E-state index in [1.54, 1.807) is 17.1 Å². The normalized spacial score (nSPS) is 19.5. The molecule has 2 aliphatic heterocycles. The summed E-state index contributed by atoms with van der Waals surface area (Å²) in [6, 6.07) is 23.4. The Morgan fingerprint density at radius 1 is 1.06 bits per heavy atom. The van der Waals surface area contributed by atoms with Crippen LogP contribution < -0.4 is 5.32 Å². The largest absolute Gasteiger partial charge is 0.326 e. The number of amides is 2. The molecule has 6 nitrogen and oxygen atoms in total. The second kappa shape index (κ2) is 9.84. The molecule has 0 fully saturated rings. The monoisotopic (exact) mass is 486 g/mol. The van der Waals surface area contributed by atoms with Crippen molar-refractivity contribution in [3.05, 3.63) is 101 Å². The lowest BCUT2D eigenvalue weighted by Gasteiger charge is -2.23. The molecule has 1 N–H and O–H groups in total. The van der Waals surface area contributed by atoms with E-state index in [1.807, 2.05) is 61.5 Å². The minimum absolute atomic E-state index is 0.0166. The molecule has 0 bridgehead atoms. The zero-order valence-corrected chi connectivity index (χ0v) is 19.8. The van der Waals surface area contributed by atoms with Crippen LogP contribution in [0.4, 0.5) is 10.1 Å². The summed E-state index contributed by atoms with van der Waals surface area (Å²) in [6.45, 7) is 1.98. The Bertz CT molecular complexity index is 1310. The number of carbonyl (C=O) groups excluding carboxylic acids is 2. The molecule has 2 heterocycles. The fourth-order valence-corrected chi connectivity index (χ4v) is 5.12. The van der Waals surface area contributed by atoms with E-state index in [2.05, 4.69) is 10.3 Å². The first kappa shape index (κ1) is 23.0. The molecule has 0 spiro atoms. The standard InChI is InChI=1S/C27H23FN4O2S/c1-17-7-13-21(14-8-17)29-25(33)16-24-26(34)30-27(35-24)32-23(19-5-3-2-4-6-19)15-22(31-32)18-9-11-20(28)12-10-18/h2-14,23-24H,15-16H2,1H3,(H,29,33)/t23-,24+/m0/s1. The van der Waals surface area contributed by atoms with Gasteiger partial charge in [0.05, 0.1) is 11.8 Å². The van der Waals surface area contributed by atoms with Crippen molar-refractivity contribution in [1.82, 2.24) is 5.01 Å². The van der Waals surface area contributed by atoms with Gasteiger partial charge in [-0.2, -0.15) is 10.1 Å². The van der Waals surface area contributed by atoms with E-state index in [1.165, 1.54) is 23.9 Å². The van der Waals surface area contributed by atoms with Crippen LogP contribution >= 0.6 is 11.8 Å². The van der Waals surface area contributed by atoms with Gasteiger partial charge >= 0.3 is 0 Å². The molecule has 3 aromatic carbocycles. The van der Waals surface area contributed by atoms with Crippen LogP contribution in [-0.2, 0) is 9.59 Å². The minimum atomic E-state index is -0.614. The van der Waals surface area contributed by atoms with Crippen molar-refractivity contribution >= 4 is 40.1 Å². The third kappa shape index (κ3) is 5.17. The number of nitrogens with one attached hydrogen (secondary N) is 1. The topological polar surface area (TPSA) is 74.1 Å². The predicted octanol–water partition coefficient (Wildman–Crippen LogP) is 5.31. The van der Waals surface area contributed by atoms with Gasteiger partial charge in [0.1, 0.15) is 11.1 Å². The van der Waals surface area contributed by atoms with E-state index in [0.29, 0.717) is 17.3 Å². The molecule has 0 saturated carbocycles. The number of amidine groups is 1. The summed E-state index contributed by atoms with van der Waals surface area (Å²) in [5.41, 5.74) is 4.43. The van der Waals surface area contributed by atoms with E-state index in [9.17, 15) is 14.0 Å². The van der Waals surface area contributed by atoms with Gasteiger partial charge in [0.25, 0.3) is 5.91 Å². The Balaban J connectivity index is 1.33. The predicted molar refractivity (Wildman–Crippen MR) is 137 cm³/mol. The first-order valence-electron chi connectivity index (χ1n) is 11.3. The van der Waals surface area contributed by atoms with Gasteiger partial charge in [-0.05, 0) is 42.3 Å². The molecular formula is C27H23FN4O2S. The summed E-state index contributed by atoms with van der Waals surface area (Å²) in [6.07, 6.45) is 0.602. The molecule has 0 aliphatic carbocycles.